The Kier molecular flexibility index (Phi) is 2.96. The van der Waals surface area contributed by atoms with Crippen LogP contribution in [0, 0.1) is 5.41 Å². The zero-order valence-corrected chi connectivity index (χ0v) is 10.4. The van der Waals surface area contributed by atoms with Gasteiger partial charge in [0.2, 0.25) is 0 Å². The van der Waals surface area contributed by atoms with Crippen molar-refractivity contribution in [1.82, 2.24) is 8.61 Å². The summed E-state index contributed by atoms with van der Waals surface area (Å²) < 4.78 is 26.2. The Morgan fingerprint density at radius 3 is 1.86 bits per heavy atom. The van der Waals surface area contributed by atoms with Crippen LogP contribution in [0.3, 0.4) is 0 Å². The van der Waals surface area contributed by atoms with Crippen LogP contribution in [-0.2, 0) is 10.2 Å². The largest absolute Gasteiger partial charge is 0.281 e. The molecule has 1 aliphatic rings. The molecule has 84 valence electrons. The predicted octanol–water partition coefficient (Wildman–Crippen LogP) is 0.913. The van der Waals surface area contributed by atoms with Gasteiger partial charge in [-0.15, -0.1) is 0 Å². The van der Waals surface area contributed by atoms with Crippen molar-refractivity contribution in [2.75, 3.05) is 21.1 Å². The second-order valence-corrected chi connectivity index (χ2v) is 7.23. The van der Waals surface area contributed by atoms with E-state index in [1.807, 2.05) is 0 Å². The number of hydrogen-bond acceptors (Lipinski definition) is 2. The Bertz CT molecular complexity index is 301. The van der Waals surface area contributed by atoms with Crippen LogP contribution < -0.4 is 0 Å². The predicted molar refractivity (Wildman–Crippen MR) is 57.2 cm³/mol. The summed E-state index contributed by atoms with van der Waals surface area (Å²) in [6.45, 7) is 4.33. The van der Waals surface area contributed by atoms with E-state index in [1.165, 1.54) is 8.61 Å². The van der Waals surface area contributed by atoms with Gasteiger partial charge in [0.1, 0.15) is 0 Å². The maximum absolute atomic E-state index is 11.7. The highest BCUT2D eigenvalue weighted by Gasteiger charge is 2.42. The molecule has 1 saturated carbocycles. The van der Waals surface area contributed by atoms with E-state index in [9.17, 15) is 8.42 Å². The molecule has 0 unspecified atom stereocenters. The molecule has 0 N–H and O–H groups in total. The van der Waals surface area contributed by atoms with Gasteiger partial charge in [0.15, 0.2) is 0 Å². The second-order valence-electron chi connectivity index (χ2n) is 5.03. The van der Waals surface area contributed by atoms with Gasteiger partial charge in [0.25, 0.3) is 10.2 Å². The standard InChI is InChI=1S/C9H20N2O2S/c1-9(2)6-8(7-9)11(5)14(12,13)10(3)4/h8H,6-7H2,1-5H3. The second kappa shape index (κ2) is 3.47. The fourth-order valence-corrected chi connectivity index (χ4v) is 2.96. The molecule has 1 aliphatic carbocycles. The van der Waals surface area contributed by atoms with Gasteiger partial charge in [0.05, 0.1) is 0 Å². The van der Waals surface area contributed by atoms with Crippen molar-refractivity contribution in [3.63, 3.8) is 0 Å². The number of rotatable bonds is 3. The Balaban J connectivity index is 2.65. The zero-order chi connectivity index (χ0) is 11.1. The van der Waals surface area contributed by atoms with Crippen molar-refractivity contribution in [2.45, 2.75) is 32.7 Å². The van der Waals surface area contributed by atoms with Gasteiger partial charge in [-0.2, -0.15) is 17.0 Å². The molecule has 0 amide bonds. The molecule has 0 heterocycles. The molecule has 0 aromatic heterocycles. The van der Waals surface area contributed by atoms with Crippen LogP contribution in [0.15, 0.2) is 0 Å². The summed E-state index contributed by atoms with van der Waals surface area (Å²) in [6.07, 6.45) is 1.91. The summed E-state index contributed by atoms with van der Waals surface area (Å²) >= 11 is 0. The third-order valence-electron chi connectivity index (χ3n) is 2.92. The molecular weight excluding hydrogens is 200 g/mol. The average Bonchev–Trinajstić information content (AvgIpc) is 1.98. The first-order valence-electron chi connectivity index (χ1n) is 4.82. The fraction of sp³-hybridized carbons (Fsp3) is 1.00. The topological polar surface area (TPSA) is 40.6 Å². The molecule has 0 radical (unpaired) electrons. The van der Waals surface area contributed by atoms with E-state index in [4.69, 9.17) is 0 Å². The Hall–Kier alpha value is -0.130. The highest BCUT2D eigenvalue weighted by Crippen LogP contribution is 2.43. The van der Waals surface area contributed by atoms with Crippen LogP contribution >= 0.6 is 0 Å². The summed E-state index contributed by atoms with van der Waals surface area (Å²) in [5.74, 6) is 0. The van der Waals surface area contributed by atoms with Crippen LogP contribution in [0.1, 0.15) is 26.7 Å². The summed E-state index contributed by atoms with van der Waals surface area (Å²) in [7, 11) is 1.57. The fourth-order valence-electron chi connectivity index (χ4n) is 1.92. The molecule has 4 nitrogen and oxygen atoms in total. The Morgan fingerprint density at radius 1 is 1.14 bits per heavy atom. The van der Waals surface area contributed by atoms with Crippen molar-refractivity contribution in [1.29, 1.82) is 0 Å². The minimum Gasteiger partial charge on any atom is -0.195 e. The quantitative estimate of drug-likeness (QED) is 0.709. The molecule has 0 aromatic rings. The summed E-state index contributed by atoms with van der Waals surface area (Å²) in [4.78, 5) is 0. The normalized spacial score (nSPS) is 22.8. The molecule has 0 atom stereocenters. The molecule has 0 aliphatic heterocycles. The van der Waals surface area contributed by atoms with Crippen molar-refractivity contribution in [3.8, 4) is 0 Å². The van der Waals surface area contributed by atoms with Crippen LogP contribution in [0.25, 0.3) is 0 Å². The SMILES string of the molecule is CN(C)S(=O)(=O)N(C)C1CC(C)(C)C1. The van der Waals surface area contributed by atoms with Gasteiger partial charge in [0, 0.05) is 27.2 Å². The zero-order valence-electron chi connectivity index (χ0n) is 9.61. The molecule has 14 heavy (non-hydrogen) atoms. The first-order valence-corrected chi connectivity index (χ1v) is 6.22. The average molecular weight is 220 g/mol. The van der Waals surface area contributed by atoms with Gasteiger partial charge in [-0.05, 0) is 18.3 Å². The van der Waals surface area contributed by atoms with E-state index in [0.29, 0.717) is 5.41 Å². The lowest BCUT2D eigenvalue weighted by Crippen LogP contribution is -2.51. The minimum absolute atomic E-state index is 0.178. The van der Waals surface area contributed by atoms with E-state index < -0.39 is 10.2 Å². The summed E-state index contributed by atoms with van der Waals surface area (Å²) in [5.41, 5.74) is 0.306. The maximum atomic E-state index is 11.7. The molecule has 5 heteroatoms. The van der Waals surface area contributed by atoms with Crippen molar-refractivity contribution < 1.29 is 8.42 Å². The van der Waals surface area contributed by atoms with Gasteiger partial charge in [-0.25, -0.2) is 0 Å². The lowest BCUT2D eigenvalue weighted by molar-refractivity contribution is 0.0830. The third kappa shape index (κ3) is 2.10. The molecule has 1 fully saturated rings. The van der Waals surface area contributed by atoms with E-state index in [-0.39, 0.29) is 6.04 Å². The van der Waals surface area contributed by atoms with E-state index in [1.54, 1.807) is 21.1 Å². The number of nitrogens with zero attached hydrogens (tertiary/aromatic N) is 2. The molecular formula is C9H20N2O2S. The highest BCUT2D eigenvalue weighted by atomic mass is 32.2. The highest BCUT2D eigenvalue weighted by molar-refractivity contribution is 7.86. The minimum atomic E-state index is -3.22. The molecule has 1 rings (SSSR count). The summed E-state index contributed by atoms with van der Waals surface area (Å²) in [5, 5.41) is 0. The van der Waals surface area contributed by atoms with Crippen molar-refractivity contribution in [3.05, 3.63) is 0 Å². The monoisotopic (exact) mass is 220 g/mol. The van der Waals surface area contributed by atoms with Crippen molar-refractivity contribution >= 4 is 10.2 Å². The van der Waals surface area contributed by atoms with Gasteiger partial charge >= 0.3 is 0 Å². The van der Waals surface area contributed by atoms with Gasteiger partial charge < -0.3 is 0 Å². The third-order valence-corrected chi connectivity index (χ3v) is 4.86. The molecule has 0 aromatic carbocycles. The van der Waals surface area contributed by atoms with E-state index in [0.717, 1.165) is 12.8 Å². The smallest absolute Gasteiger partial charge is 0.195 e. The van der Waals surface area contributed by atoms with Gasteiger partial charge in [-0.1, -0.05) is 13.8 Å². The van der Waals surface area contributed by atoms with Gasteiger partial charge in [-0.3, -0.25) is 0 Å². The molecule has 0 spiro atoms. The Morgan fingerprint density at radius 2 is 1.57 bits per heavy atom. The summed E-state index contributed by atoms with van der Waals surface area (Å²) in [6, 6.07) is 0.178. The molecule has 0 bridgehead atoms. The molecule has 0 saturated heterocycles. The van der Waals surface area contributed by atoms with Crippen LogP contribution in [-0.4, -0.2) is 44.2 Å². The lowest BCUT2D eigenvalue weighted by Gasteiger charge is -2.46. The van der Waals surface area contributed by atoms with Crippen molar-refractivity contribution in [2.24, 2.45) is 5.41 Å². The van der Waals surface area contributed by atoms with Crippen LogP contribution in [0.5, 0.6) is 0 Å². The first-order chi connectivity index (χ1) is 6.17. The van der Waals surface area contributed by atoms with E-state index in [2.05, 4.69) is 13.8 Å². The maximum Gasteiger partial charge on any atom is 0.281 e. The number of hydrogen-bond donors (Lipinski definition) is 0. The Labute approximate surface area is 87.1 Å². The van der Waals surface area contributed by atoms with E-state index >= 15 is 0 Å². The van der Waals surface area contributed by atoms with Crippen LogP contribution in [0.4, 0.5) is 0 Å². The van der Waals surface area contributed by atoms with Crippen LogP contribution in [0.2, 0.25) is 0 Å². The lowest BCUT2D eigenvalue weighted by atomic mass is 9.68. The first kappa shape index (κ1) is 11.9.